The van der Waals surface area contributed by atoms with E-state index >= 15 is 0 Å². The maximum absolute atomic E-state index is 11.0. The van der Waals surface area contributed by atoms with E-state index in [-0.39, 0.29) is 5.97 Å². The fourth-order valence-electron chi connectivity index (χ4n) is 0.627. The molecule has 0 fully saturated rings. The van der Waals surface area contributed by atoms with E-state index in [1.165, 1.54) is 11.4 Å². The van der Waals surface area contributed by atoms with Crippen LogP contribution < -0.4 is 5.73 Å². The molecule has 0 aromatic rings. The quantitative estimate of drug-likeness (QED) is 0.484. The Morgan fingerprint density at radius 3 is 2.00 bits per heavy atom. The third-order valence-electron chi connectivity index (χ3n) is 1.30. The lowest BCUT2D eigenvalue weighted by Crippen LogP contribution is -2.18. The Balaban J connectivity index is -0.000000270. The third-order valence-corrected chi connectivity index (χ3v) is 1.30. The van der Waals surface area contributed by atoms with Gasteiger partial charge < -0.3 is 10.6 Å². The van der Waals surface area contributed by atoms with Gasteiger partial charge in [-0.3, -0.25) is 4.79 Å². The van der Waals surface area contributed by atoms with Crippen LogP contribution in [0.1, 0.15) is 20.3 Å². The fraction of sp³-hybridized carbons (Fsp3) is 0.500. The van der Waals surface area contributed by atoms with E-state index in [1.54, 1.807) is 21.0 Å². The van der Waals surface area contributed by atoms with Gasteiger partial charge in [0.05, 0.1) is 0 Å². The van der Waals surface area contributed by atoms with Gasteiger partial charge in [-0.15, -0.1) is 16.7 Å². The summed E-state index contributed by atoms with van der Waals surface area (Å²) >= 11 is 4.64. The monoisotopic (exact) mass is 278 g/mol. The van der Waals surface area contributed by atoms with E-state index in [1.807, 2.05) is 13.0 Å². The summed E-state index contributed by atoms with van der Waals surface area (Å²) in [5.41, 5.74) is 5.19. The van der Waals surface area contributed by atoms with Crippen molar-refractivity contribution in [1.29, 1.82) is 0 Å². The molecular formula is C12H23ClN2O3. The van der Waals surface area contributed by atoms with E-state index in [2.05, 4.69) is 23.9 Å². The number of carbonyl (C=O) groups excluding carboxylic acids is 2. The van der Waals surface area contributed by atoms with Crippen LogP contribution in [0.3, 0.4) is 0 Å². The molecule has 1 amide bonds. The van der Waals surface area contributed by atoms with Crippen molar-refractivity contribution in [2.24, 2.45) is 5.73 Å². The van der Waals surface area contributed by atoms with Gasteiger partial charge in [-0.1, -0.05) is 19.6 Å². The van der Waals surface area contributed by atoms with Crippen LogP contribution in [0.5, 0.6) is 0 Å². The topological polar surface area (TPSA) is 72.6 Å². The number of hydrogen-bond donors (Lipinski definition) is 1. The highest BCUT2D eigenvalue weighted by atomic mass is 35.5. The Labute approximate surface area is 114 Å². The second-order valence-corrected chi connectivity index (χ2v) is 3.09. The molecule has 0 rings (SSSR count). The van der Waals surface area contributed by atoms with Crippen molar-refractivity contribution in [1.82, 2.24) is 5.06 Å². The van der Waals surface area contributed by atoms with Crippen LogP contribution >= 0.6 is 11.6 Å². The summed E-state index contributed by atoms with van der Waals surface area (Å²) in [7, 11) is 3.36. The molecule has 0 bridgehead atoms. The first-order valence-corrected chi connectivity index (χ1v) is 5.96. The Bertz CT molecular complexity index is 276. The molecule has 2 N–H and O–H groups in total. The Kier molecular flexibility index (Phi) is 19.1. The number of hydrogen-bond acceptors (Lipinski definition) is 4. The molecule has 0 saturated heterocycles. The molecule has 0 atom stereocenters. The van der Waals surface area contributed by atoms with Crippen LogP contribution in [0.2, 0.25) is 0 Å². The smallest absolute Gasteiger partial charge is 0.352 e. The zero-order valence-corrected chi connectivity index (χ0v) is 12.5. The van der Waals surface area contributed by atoms with Crippen molar-refractivity contribution in [2.75, 3.05) is 20.5 Å². The van der Waals surface area contributed by atoms with Crippen molar-refractivity contribution in [3.63, 3.8) is 0 Å². The second kappa shape index (κ2) is 15.7. The van der Waals surface area contributed by atoms with E-state index in [0.717, 1.165) is 12.5 Å². The summed E-state index contributed by atoms with van der Waals surface area (Å²) in [6.45, 7) is 6.81. The summed E-state index contributed by atoms with van der Waals surface area (Å²) in [5.74, 6) is -0.762. The van der Waals surface area contributed by atoms with Gasteiger partial charge in [0.2, 0.25) is 5.91 Å². The van der Waals surface area contributed by atoms with Crippen molar-refractivity contribution in [3.8, 4) is 0 Å². The second-order valence-electron chi connectivity index (χ2n) is 3.09. The maximum atomic E-state index is 11.0. The molecule has 106 valence electrons. The van der Waals surface area contributed by atoms with Crippen molar-refractivity contribution in [2.45, 2.75) is 20.3 Å². The van der Waals surface area contributed by atoms with Crippen LogP contribution in [-0.4, -0.2) is 37.4 Å². The van der Waals surface area contributed by atoms with Crippen molar-refractivity contribution >= 4 is 23.5 Å². The average molecular weight is 279 g/mol. The fourth-order valence-corrected chi connectivity index (χ4v) is 0.627. The standard InChI is InChI=1S/C8H15NO2.C3H5NO.CH3Cl/c1-5-6-7(2)8(10)11-9(3)4;1-2-3(4)5;1-2/h6H,5H2,1-4H3;2H,1H2,(H2,4,5);1H3. The highest BCUT2D eigenvalue weighted by Crippen LogP contribution is 1.98. The predicted molar refractivity (Wildman–Crippen MR) is 75.0 cm³/mol. The summed E-state index contributed by atoms with van der Waals surface area (Å²) in [4.78, 5) is 25.3. The van der Waals surface area contributed by atoms with Gasteiger partial charge >= 0.3 is 5.97 Å². The molecule has 0 aliphatic carbocycles. The third kappa shape index (κ3) is 20.1. The van der Waals surface area contributed by atoms with Crippen LogP contribution in [-0.2, 0) is 14.4 Å². The number of nitrogens with two attached hydrogens (primary N) is 1. The molecular weight excluding hydrogens is 256 g/mol. The molecule has 0 saturated carbocycles. The number of amides is 1. The number of nitrogens with zero attached hydrogens (tertiary/aromatic N) is 1. The predicted octanol–water partition coefficient (Wildman–Crippen LogP) is 1.88. The SMILES string of the molecule is C=CC(N)=O.CCC=C(C)C(=O)ON(C)C.CCl. The zero-order valence-electron chi connectivity index (χ0n) is 11.7. The number of hydroxylamine groups is 2. The lowest BCUT2D eigenvalue weighted by molar-refractivity contribution is -0.172. The van der Waals surface area contributed by atoms with Gasteiger partial charge in [0.15, 0.2) is 0 Å². The number of allylic oxidation sites excluding steroid dienone is 1. The molecule has 0 aromatic carbocycles. The summed E-state index contributed by atoms with van der Waals surface area (Å²) < 4.78 is 0. The molecule has 0 heterocycles. The highest BCUT2D eigenvalue weighted by molar-refractivity contribution is 6.15. The molecule has 0 radical (unpaired) electrons. The molecule has 0 unspecified atom stereocenters. The lowest BCUT2D eigenvalue weighted by Gasteiger charge is -2.09. The van der Waals surface area contributed by atoms with E-state index in [9.17, 15) is 9.59 Å². The first-order chi connectivity index (χ1) is 8.34. The normalized spacial score (nSPS) is 9.39. The van der Waals surface area contributed by atoms with E-state index < -0.39 is 5.91 Å². The van der Waals surface area contributed by atoms with Crippen LogP contribution in [0.25, 0.3) is 0 Å². The van der Waals surface area contributed by atoms with Crippen LogP contribution in [0.15, 0.2) is 24.3 Å². The lowest BCUT2D eigenvalue weighted by atomic mass is 10.2. The number of alkyl halides is 1. The number of halogens is 1. The minimum Gasteiger partial charge on any atom is -0.366 e. The minimum absolute atomic E-state index is 0.281. The largest absolute Gasteiger partial charge is 0.366 e. The van der Waals surface area contributed by atoms with Gasteiger partial charge in [0.25, 0.3) is 0 Å². The van der Waals surface area contributed by atoms with Crippen LogP contribution in [0.4, 0.5) is 0 Å². The first-order valence-electron chi connectivity index (χ1n) is 5.21. The van der Waals surface area contributed by atoms with Crippen molar-refractivity contribution < 1.29 is 14.4 Å². The molecule has 6 heteroatoms. The number of rotatable bonds is 4. The molecule has 0 aromatic heterocycles. The Hall–Kier alpha value is -1.33. The summed E-state index contributed by atoms with van der Waals surface area (Å²) in [5, 5.41) is 1.38. The first kappa shape index (κ1) is 21.9. The van der Waals surface area contributed by atoms with Gasteiger partial charge in [0.1, 0.15) is 0 Å². The molecule has 18 heavy (non-hydrogen) atoms. The van der Waals surface area contributed by atoms with Gasteiger partial charge in [-0.25, -0.2) is 4.79 Å². The number of primary amides is 1. The molecule has 5 nitrogen and oxygen atoms in total. The van der Waals surface area contributed by atoms with Gasteiger partial charge in [-0.05, 0) is 19.4 Å². The molecule has 0 spiro atoms. The average Bonchev–Trinajstić information content (AvgIpc) is 2.31. The zero-order chi connectivity index (χ0) is 15.1. The summed E-state index contributed by atoms with van der Waals surface area (Å²) in [6.07, 6.45) is 5.22. The van der Waals surface area contributed by atoms with E-state index in [4.69, 9.17) is 4.84 Å². The minimum atomic E-state index is -0.481. The Morgan fingerprint density at radius 2 is 1.78 bits per heavy atom. The van der Waals surface area contributed by atoms with Crippen molar-refractivity contribution in [3.05, 3.63) is 24.3 Å². The molecule has 0 aliphatic rings. The maximum Gasteiger partial charge on any atom is 0.352 e. The Morgan fingerprint density at radius 1 is 1.39 bits per heavy atom. The number of carbonyl (C=O) groups is 2. The highest BCUT2D eigenvalue weighted by Gasteiger charge is 2.05. The van der Waals surface area contributed by atoms with Gasteiger partial charge in [-0.2, -0.15) is 0 Å². The van der Waals surface area contributed by atoms with E-state index in [0.29, 0.717) is 5.57 Å². The molecule has 0 aliphatic heterocycles. The summed E-state index contributed by atoms with van der Waals surface area (Å²) in [6, 6.07) is 0. The van der Waals surface area contributed by atoms with Gasteiger partial charge in [0, 0.05) is 26.1 Å². The van der Waals surface area contributed by atoms with Crippen LogP contribution in [0, 0.1) is 0 Å².